The number of rotatable bonds is 6. The van der Waals surface area contributed by atoms with Crippen LogP contribution in [0, 0.1) is 0 Å². The van der Waals surface area contributed by atoms with Crippen molar-refractivity contribution in [1.29, 1.82) is 0 Å². The van der Waals surface area contributed by atoms with Crippen molar-refractivity contribution in [3.05, 3.63) is 44.6 Å². The normalized spacial score (nSPS) is 10.7. The predicted molar refractivity (Wildman–Crippen MR) is 88.3 cm³/mol. The minimum Gasteiger partial charge on any atom is -0.423 e. The third kappa shape index (κ3) is 4.81. The Morgan fingerprint density at radius 2 is 1.90 bits per heavy atom. The van der Waals surface area contributed by atoms with Gasteiger partial charge in [0, 0.05) is 35.0 Å². The third-order valence-corrected chi connectivity index (χ3v) is 4.11. The molecule has 2 rings (SSSR count). The summed E-state index contributed by atoms with van der Waals surface area (Å²) in [4.78, 5) is 8.32. The molecule has 1 heterocycles. The van der Waals surface area contributed by atoms with Crippen LogP contribution in [0.15, 0.2) is 29.0 Å². The minimum absolute atomic E-state index is 0.231. The summed E-state index contributed by atoms with van der Waals surface area (Å²) in [5.74, 6) is 0.418. The Morgan fingerprint density at radius 1 is 1.19 bits per heavy atom. The number of hydrogen-bond donors (Lipinski definition) is 1. The monoisotopic (exact) mass is 389 g/mol. The van der Waals surface area contributed by atoms with Crippen LogP contribution in [0.4, 0.5) is 0 Å². The summed E-state index contributed by atoms with van der Waals surface area (Å²) in [6.45, 7) is 3.82. The lowest BCUT2D eigenvalue weighted by Crippen LogP contribution is -2.14. The Balaban J connectivity index is 2.05. The maximum absolute atomic E-state index is 6.09. The van der Waals surface area contributed by atoms with Crippen LogP contribution in [-0.2, 0) is 6.54 Å². The van der Waals surface area contributed by atoms with Gasteiger partial charge in [0.05, 0.1) is 10.0 Å². The molecule has 0 aliphatic carbocycles. The maximum atomic E-state index is 6.09. The maximum Gasteiger partial charge on any atom is 0.321 e. The average Bonchev–Trinajstić information content (AvgIpc) is 2.47. The number of benzene rings is 1. The zero-order valence-electron chi connectivity index (χ0n) is 11.4. The standard InChI is InChI=1S/C14H14BrCl2N3O/c1-2-3-18-6-9-7-19-14(20-8-9)21-13-5-11(16)10(15)4-12(13)17/h4-5,7-8,18H,2-3,6H2,1H3. The van der Waals surface area contributed by atoms with E-state index in [9.17, 15) is 0 Å². The van der Waals surface area contributed by atoms with Crippen LogP contribution in [0.2, 0.25) is 10.0 Å². The Labute approximate surface area is 142 Å². The molecule has 0 atom stereocenters. The van der Waals surface area contributed by atoms with Crippen molar-refractivity contribution in [2.45, 2.75) is 19.9 Å². The molecule has 0 saturated carbocycles. The Hall–Kier alpha value is -0.880. The molecule has 0 unspecified atom stereocenters. The van der Waals surface area contributed by atoms with Gasteiger partial charge in [-0.1, -0.05) is 30.1 Å². The molecule has 2 aromatic rings. The first-order valence-corrected chi connectivity index (χ1v) is 7.99. The quantitative estimate of drug-likeness (QED) is 0.566. The van der Waals surface area contributed by atoms with E-state index in [1.54, 1.807) is 24.5 Å². The van der Waals surface area contributed by atoms with E-state index >= 15 is 0 Å². The molecule has 0 bridgehead atoms. The van der Waals surface area contributed by atoms with E-state index in [0.29, 0.717) is 20.3 Å². The van der Waals surface area contributed by atoms with Gasteiger partial charge in [-0.3, -0.25) is 0 Å². The van der Waals surface area contributed by atoms with Crippen LogP contribution in [0.25, 0.3) is 0 Å². The lowest BCUT2D eigenvalue weighted by Gasteiger charge is -2.08. The van der Waals surface area contributed by atoms with E-state index < -0.39 is 0 Å². The van der Waals surface area contributed by atoms with Crippen LogP contribution in [0.1, 0.15) is 18.9 Å². The number of hydrogen-bond acceptors (Lipinski definition) is 4. The van der Waals surface area contributed by atoms with Gasteiger partial charge < -0.3 is 10.1 Å². The Bertz CT molecular complexity index is 608. The highest BCUT2D eigenvalue weighted by atomic mass is 79.9. The molecule has 0 aliphatic heterocycles. The van der Waals surface area contributed by atoms with Gasteiger partial charge >= 0.3 is 6.01 Å². The molecule has 4 nitrogen and oxygen atoms in total. The van der Waals surface area contributed by atoms with Gasteiger partial charge in [0.25, 0.3) is 0 Å². The highest BCUT2D eigenvalue weighted by Crippen LogP contribution is 2.35. The second-order valence-electron chi connectivity index (χ2n) is 4.35. The van der Waals surface area contributed by atoms with Crippen LogP contribution in [0.5, 0.6) is 11.8 Å². The molecule has 7 heteroatoms. The first-order chi connectivity index (χ1) is 10.1. The molecular weight excluding hydrogens is 377 g/mol. The second-order valence-corrected chi connectivity index (χ2v) is 6.02. The van der Waals surface area contributed by atoms with E-state index in [1.165, 1.54) is 0 Å². The van der Waals surface area contributed by atoms with Gasteiger partial charge in [0.2, 0.25) is 0 Å². The lowest BCUT2D eigenvalue weighted by molar-refractivity contribution is 0.441. The SMILES string of the molecule is CCCNCc1cnc(Oc2cc(Cl)c(Br)cc2Cl)nc1. The molecule has 1 N–H and O–H groups in total. The molecular formula is C14H14BrCl2N3O. The van der Waals surface area contributed by atoms with Gasteiger partial charge in [-0.15, -0.1) is 0 Å². The Kier molecular flexibility index (Phi) is 6.23. The summed E-state index contributed by atoms with van der Waals surface area (Å²) in [6.07, 6.45) is 4.53. The molecule has 0 saturated heterocycles. The lowest BCUT2D eigenvalue weighted by atomic mass is 10.3. The molecule has 0 aliphatic rings. The van der Waals surface area contributed by atoms with Crippen molar-refractivity contribution in [2.75, 3.05) is 6.54 Å². The molecule has 0 fully saturated rings. The fraction of sp³-hybridized carbons (Fsp3) is 0.286. The summed E-state index contributed by atoms with van der Waals surface area (Å²) < 4.78 is 6.25. The molecule has 21 heavy (non-hydrogen) atoms. The summed E-state index contributed by atoms with van der Waals surface area (Å²) in [5, 5.41) is 4.22. The molecule has 0 amide bonds. The van der Waals surface area contributed by atoms with Crippen LogP contribution < -0.4 is 10.1 Å². The van der Waals surface area contributed by atoms with E-state index in [-0.39, 0.29) is 6.01 Å². The van der Waals surface area contributed by atoms with Crippen molar-refractivity contribution in [1.82, 2.24) is 15.3 Å². The fourth-order valence-corrected chi connectivity index (χ4v) is 2.41. The number of nitrogens with zero attached hydrogens (tertiary/aromatic N) is 2. The average molecular weight is 391 g/mol. The number of nitrogens with one attached hydrogen (secondary N) is 1. The van der Waals surface area contributed by atoms with Crippen molar-refractivity contribution in [3.63, 3.8) is 0 Å². The largest absolute Gasteiger partial charge is 0.423 e. The van der Waals surface area contributed by atoms with Gasteiger partial charge in [-0.25, -0.2) is 9.97 Å². The van der Waals surface area contributed by atoms with Crippen molar-refractivity contribution >= 4 is 39.1 Å². The molecule has 0 radical (unpaired) electrons. The van der Waals surface area contributed by atoms with Gasteiger partial charge in [-0.2, -0.15) is 0 Å². The number of aromatic nitrogens is 2. The van der Waals surface area contributed by atoms with E-state index in [0.717, 1.165) is 25.1 Å². The Morgan fingerprint density at radius 3 is 2.57 bits per heavy atom. The van der Waals surface area contributed by atoms with Gasteiger partial charge in [0.1, 0.15) is 0 Å². The summed E-state index contributed by atoms with van der Waals surface area (Å²) in [7, 11) is 0. The van der Waals surface area contributed by atoms with Gasteiger partial charge in [-0.05, 0) is 35.0 Å². The topological polar surface area (TPSA) is 47.0 Å². The van der Waals surface area contributed by atoms with Crippen LogP contribution >= 0.6 is 39.1 Å². The third-order valence-electron chi connectivity index (χ3n) is 2.61. The van der Waals surface area contributed by atoms with E-state index in [4.69, 9.17) is 27.9 Å². The minimum atomic E-state index is 0.231. The summed E-state index contributed by atoms with van der Waals surface area (Å²) in [6, 6.07) is 3.52. The smallest absolute Gasteiger partial charge is 0.321 e. The first kappa shape index (κ1) is 16.5. The highest BCUT2D eigenvalue weighted by Gasteiger charge is 2.09. The fourth-order valence-electron chi connectivity index (χ4n) is 1.58. The zero-order chi connectivity index (χ0) is 15.2. The van der Waals surface area contributed by atoms with Crippen molar-refractivity contribution in [3.8, 4) is 11.8 Å². The molecule has 1 aromatic carbocycles. The highest BCUT2D eigenvalue weighted by molar-refractivity contribution is 9.10. The first-order valence-electron chi connectivity index (χ1n) is 6.44. The second kappa shape index (κ2) is 7.94. The van der Waals surface area contributed by atoms with Crippen LogP contribution in [-0.4, -0.2) is 16.5 Å². The van der Waals surface area contributed by atoms with E-state index in [1.807, 2.05) is 0 Å². The van der Waals surface area contributed by atoms with E-state index in [2.05, 4.69) is 38.1 Å². The summed E-state index contributed by atoms with van der Waals surface area (Å²) >= 11 is 15.4. The van der Waals surface area contributed by atoms with Crippen molar-refractivity contribution in [2.24, 2.45) is 0 Å². The summed E-state index contributed by atoms with van der Waals surface area (Å²) in [5.41, 5.74) is 0.996. The molecule has 112 valence electrons. The van der Waals surface area contributed by atoms with Crippen LogP contribution in [0.3, 0.4) is 0 Å². The van der Waals surface area contributed by atoms with Gasteiger partial charge in [0.15, 0.2) is 5.75 Å². The van der Waals surface area contributed by atoms with Crippen molar-refractivity contribution < 1.29 is 4.74 Å². The zero-order valence-corrected chi connectivity index (χ0v) is 14.5. The molecule has 0 spiro atoms. The molecule has 1 aromatic heterocycles. The predicted octanol–water partition coefficient (Wildman–Crippen LogP) is 4.84. The number of halogens is 3. The number of ether oxygens (including phenoxy) is 1.